The van der Waals surface area contributed by atoms with Crippen molar-refractivity contribution < 1.29 is 0 Å². The summed E-state index contributed by atoms with van der Waals surface area (Å²) in [6, 6.07) is 16.5. The molecule has 0 aromatic heterocycles. The van der Waals surface area contributed by atoms with E-state index in [0.29, 0.717) is 0 Å². The molecule has 0 unspecified atom stereocenters. The number of benzene rings is 2. The molecule has 0 spiro atoms. The SMILES string of the molecule is CCc1ccccc1-c1ccc(Cl)cc1. The van der Waals surface area contributed by atoms with Crippen molar-refractivity contribution in [1.82, 2.24) is 0 Å². The Hall–Kier alpha value is -1.27. The number of hydrogen-bond donors (Lipinski definition) is 0. The second-order valence-electron chi connectivity index (χ2n) is 3.52. The van der Waals surface area contributed by atoms with Gasteiger partial charge in [0.2, 0.25) is 0 Å². The molecule has 0 nitrogen and oxygen atoms in total. The average Bonchev–Trinajstić information content (AvgIpc) is 2.30. The Kier molecular flexibility index (Phi) is 3.08. The monoisotopic (exact) mass is 216 g/mol. The van der Waals surface area contributed by atoms with E-state index in [-0.39, 0.29) is 0 Å². The first-order chi connectivity index (χ1) is 7.31. The summed E-state index contributed by atoms with van der Waals surface area (Å²) in [6.07, 6.45) is 1.05. The average molecular weight is 217 g/mol. The molecule has 0 heterocycles. The minimum atomic E-state index is 0.785. The van der Waals surface area contributed by atoms with Gasteiger partial charge in [-0.1, -0.05) is 54.9 Å². The molecule has 76 valence electrons. The second-order valence-corrected chi connectivity index (χ2v) is 3.95. The zero-order valence-corrected chi connectivity index (χ0v) is 9.46. The fourth-order valence-corrected chi connectivity index (χ4v) is 1.87. The molecule has 2 aromatic rings. The largest absolute Gasteiger partial charge is 0.0843 e. The van der Waals surface area contributed by atoms with Crippen molar-refractivity contribution in [2.24, 2.45) is 0 Å². The van der Waals surface area contributed by atoms with Gasteiger partial charge in [0.25, 0.3) is 0 Å². The number of aryl methyl sites for hydroxylation is 1. The summed E-state index contributed by atoms with van der Waals surface area (Å²) in [4.78, 5) is 0. The van der Waals surface area contributed by atoms with Gasteiger partial charge in [0.15, 0.2) is 0 Å². The minimum absolute atomic E-state index is 0.785. The van der Waals surface area contributed by atoms with E-state index in [4.69, 9.17) is 11.6 Å². The Morgan fingerprint density at radius 3 is 2.27 bits per heavy atom. The van der Waals surface area contributed by atoms with Gasteiger partial charge in [0.1, 0.15) is 0 Å². The molecule has 0 aliphatic heterocycles. The zero-order chi connectivity index (χ0) is 10.7. The van der Waals surface area contributed by atoms with Gasteiger partial charge in [-0.25, -0.2) is 0 Å². The Morgan fingerprint density at radius 2 is 1.60 bits per heavy atom. The lowest BCUT2D eigenvalue weighted by atomic mass is 9.98. The maximum atomic E-state index is 5.87. The number of rotatable bonds is 2. The molecule has 0 radical (unpaired) electrons. The van der Waals surface area contributed by atoms with E-state index in [2.05, 4.69) is 43.3 Å². The summed E-state index contributed by atoms with van der Waals surface area (Å²) >= 11 is 5.87. The van der Waals surface area contributed by atoms with Crippen LogP contribution in [0, 0.1) is 0 Å². The third-order valence-electron chi connectivity index (χ3n) is 2.55. The molecule has 0 saturated heterocycles. The quantitative estimate of drug-likeness (QED) is 0.690. The van der Waals surface area contributed by atoms with Crippen LogP contribution in [0.25, 0.3) is 11.1 Å². The van der Waals surface area contributed by atoms with Gasteiger partial charge in [0.05, 0.1) is 0 Å². The predicted molar refractivity (Wildman–Crippen MR) is 66.3 cm³/mol. The Bertz CT molecular complexity index is 443. The van der Waals surface area contributed by atoms with Crippen LogP contribution < -0.4 is 0 Å². The highest BCUT2D eigenvalue weighted by Crippen LogP contribution is 2.25. The van der Waals surface area contributed by atoms with Crippen LogP contribution in [0.5, 0.6) is 0 Å². The van der Waals surface area contributed by atoms with E-state index in [9.17, 15) is 0 Å². The molecule has 2 rings (SSSR count). The fraction of sp³-hybridized carbons (Fsp3) is 0.143. The van der Waals surface area contributed by atoms with Crippen LogP contribution in [0.4, 0.5) is 0 Å². The van der Waals surface area contributed by atoms with Gasteiger partial charge in [-0.2, -0.15) is 0 Å². The summed E-state index contributed by atoms with van der Waals surface area (Å²) in [5.74, 6) is 0. The Balaban J connectivity index is 2.49. The summed E-state index contributed by atoms with van der Waals surface area (Å²) in [5.41, 5.74) is 3.91. The molecular weight excluding hydrogens is 204 g/mol. The van der Waals surface area contributed by atoms with E-state index < -0.39 is 0 Å². The van der Waals surface area contributed by atoms with Crippen LogP contribution in [0.3, 0.4) is 0 Å². The van der Waals surface area contributed by atoms with Gasteiger partial charge in [-0.05, 0) is 35.2 Å². The smallest absolute Gasteiger partial charge is 0.0406 e. The van der Waals surface area contributed by atoms with Crippen molar-refractivity contribution in [3.8, 4) is 11.1 Å². The zero-order valence-electron chi connectivity index (χ0n) is 8.70. The molecule has 1 heteroatoms. The van der Waals surface area contributed by atoms with Crippen LogP contribution in [0.1, 0.15) is 12.5 Å². The van der Waals surface area contributed by atoms with Gasteiger partial charge < -0.3 is 0 Å². The topological polar surface area (TPSA) is 0 Å². The Morgan fingerprint density at radius 1 is 0.933 bits per heavy atom. The third kappa shape index (κ3) is 2.21. The molecule has 0 bridgehead atoms. The van der Waals surface area contributed by atoms with Crippen molar-refractivity contribution in [3.05, 3.63) is 59.1 Å². The maximum Gasteiger partial charge on any atom is 0.0406 e. The third-order valence-corrected chi connectivity index (χ3v) is 2.81. The molecule has 0 aliphatic rings. The van der Waals surface area contributed by atoms with Gasteiger partial charge in [-0.3, -0.25) is 0 Å². The summed E-state index contributed by atoms with van der Waals surface area (Å²) < 4.78 is 0. The van der Waals surface area contributed by atoms with E-state index in [0.717, 1.165) is 11.4 Å². The highest BCUT2D eigenvalue weighted by molar-refractivity contribution is 6.30. The number of halogens is 1. The number of hydrogen-bond acceptors (Lipinski definition) is 0. The Labute approximate surface area is 95.5 Å². The van der Waals surface area contributed by atoms with Crippen LogP contribution >= 0.6 is 11.6 Å². The fourth-order valence-electron chi connectivity index (χ4n) is 1.74. The van der Waals surface area contributed by atoms with Crippen LogP contribution in [0.2, 0.25) is 5.02 Å². The molecule has 2 aromatic carbocycles. The van der Waals surface area contributed by atoms with E-state index in [1.54, 1.807) is 0 Å². The highest BCUT2D eigenvalue weighted by Gasteiger charge is 2.01. The molecule has 15 heavy (non-hydrogen) atoms. The first kappa shape index (κ1) is 10.3. The van der Waals surface area contributed by atoms with E-state index >= 15 is 0 Å². The lowest BCUT2D eigenvalue weighted by molar-refractivity contribution is 1.14. The lowest BCUT2D eigenvalue weighted by Crippen LogP contribution is -1.86. The minimum Gasteiger partial charge on any atom is -0.0843 e. The van der Waals surface area contributed by atoms with E-state index in [1.165, 1.54) is 16.7 Å². The summed E-state index contributed by atoms with van der Waals surface area (Å²) in [7, 11) is 0. The van der Waals surface area contributed by atoms with Crippen LogP contribution in [-0.4, -0.2) is 0 Å². The molecule has 0 amide bonds. The van der Waals surface area contributed by atoms with Crippen molar-refractivity contribution in [3.63, 3.8) is 0 Å². The molecular formula is C14H13Cl. The molecule has 0 saturated carbocycles. The second kappa shape index (κ2) is 4.50. The lowest BCUT2D eigenvalue weighted by Gasteiger charge is -2.07. The predicted octanol–water partition coefficient (Wildman–Crippen LogP) is 4.57. The van der Waals surface area contributed by atoms with Gasteiger partial charge in [0, 0.05) is 5.02 Å². The maximum absolute atomic E-state index is 5.87. The van der Waals surface area contributed by atoms with Crippen molar-refractivity contribution >= 4 is 11.6 Å². The molecule has 0 atom stereocenters. The normalized spacial score (nSPS) is 10.3. The molecule has 0 fully saturated rings. The highest BCUT2D eigenvalue weighted by atomic mass is 35.5. The summed E-state index contributed by atoms with van der Waals surface area (Å²) in [6.45, 7) is 2.18. The standard InChI is InChI=1S/C14H13Cl/c1-2-11-5-3-4-6-14(11)12-7-9-13(15)10-8-12/h3-10H,2H2,1H3. The molecule has 0 aliphatic carbocycles. The van der Waals surface area contributed by atoms with Gasteiger partial charge >= 0.3 is 0 Å². The van der Waals surface area contributed by atoms with Crippen molar-refractivity contribution in [2.45, 2.75) is 13.3 Å². The van der Waals surface area contributed by atoms with Crippen molar-refractivity contribution in [1.29, 1.82) is 0 Å². The van der Waals surface area contributed by atoms with Crippen LogP contribution in [0.15, 0.2) is 48.5 Å². The van der Waals surface area contributed by atoms with Crippen LogP contribution in [-0.2, 0) is 6.42 Å². The van der Waals surface area contributed by atoms with Crippen molar-refractivity contribution in [2.75, 3.05) is 0 Å². The first-order valence-corrected chi connectivity index (χ1v) is 5.53. The van der Waals surface area contributed by atoms with E-state index in [1.807, 2.05) is 12.1 Å². The molecule has 0 N–H and O–H groups in total. The summed E-state index contributed by atoms with van der Waals surface area (Å²) in [5, 5.41) is 0.785. The van der Waals surface area contributed by atoms with Gasteiger partial charge in [-0.15, -0.1) is 0 Å². The first-order valence-electron chi connectivity index (χ1n) is 5.15.